The Morgan fingerprint density at radius 1 is 1.15 bits per heavy atom. The first kappa shape index (κ1) is 25.7. The topological polar surface area (TPSA) is 128 Å². The first-order valence-electron chi connectivity index (χ1n) is 13.7. The number of primary amides is 1. The fourth-order valence-corrected chi connectivity index (χ4v) is 6.18. The molecule has 1 aromatic carbocycles. The van der Waals surface area contributed by atoms with Gasteiger partial charge in [-0.1, -0.05) is 12.1 Å². The van der Waals surface area contributed by atoms with Gasteiger partial charge in [-0.2, -0.15) is 5.10 Å². The van der Waals surface area contributed by atoms with Crippen LogP contribution < -0.4 is 20.5 Å². The van der Waals surface area contributed by atoms with Gasteiger partial charge < -0.3 is 25.6 Å². The molecule has 39 heavy (non-hydrogen) atoms. The molecule has 1 spiro atoms. The van der Waals surface area contributed by atoms with E-state index in [-0.39, 0.29) is 30.1 Å². The zero-order valence-electron chi connectivity index (χ0n) is 22.7. The zero-order chi connectivity index (χ0) is 27.5. The lowest BCUT2D eigenvalue weighted by Gasteiger charge is -2.57. The number of amides is 2. The fraction of sp³-hybridized carbons (Fsp3) is 0.500. The van der Waals surface area contributed by atoms with Gasteiger partial charge in [-0.15, -0.1) is 0 Å². The summed E-state index contributed by atoms with van der Waals surface area (Å²) in [5, 5.41) is 17.8. The number of nitrogens with zero attached hydrogens (tertiary/aromatic N) is 2. The van der Waals surface area contributed by atoms with Crippen molar-refractivity contribution in [3.8, 4) is 11.5 Å². The van der Waals surface area contributed by atoms with Crippen LogP contribution in [0.1, 0.15) is 90.3 Å². The Balaban J connectivity index is 1.07. The summed E-state index contributed by atoms with van der Waals surface area (Å²) < 4.78 is 14.0. The van der Waals surface area contributed by atoms with Gasteiger partial charge in [0.25, 0.3) is 11.8 Å². The molecule has 0 bridgehead atoms. The number of fused-ring (bicyclic) bond motifs is 1. The summed E-state index contributed by atoms with van der Waals surface area (Å²) in [7, 11) is 0. The van der Waals surface area contributed by atoms with E-state index in [4.69, 9.17) is 15.2 Å². The van der Waals surface area contributed by atoms with E-state index in [2.05, 4.69) is 10.4 Å². The number of rotatable bonds is 9. The van der Waals surface area contributed by atoms with Crippen LogP contribution in [0.25, 0.3) is 5.52 Å². The number of carbonyl (C=O) groups is 2. The van der Waals surface area contributed by atoms with E-state index < -0.39 is 11.5 Å². The lowest BCUT2D eigenvalue weighted by atomic mass is 9.53. The van der Waals surface area contributed by atoms with Crippen molar-refractivity contribution in [2.75, 3.05) is 6.61 Å². The number of aromatic nitrogens is 2. The number of hydrogen-bond acceptors (Lipinski definition) is 6. The number of carbonyl (C=O) groups excluding carboxylic acids is 2. The smallest absolute Gasteiger partial charge is 0.255 e. The quantitative estimate of drug-likeness (QED) is 0.384. The number of hydrogen-bond donors (Lipinski definition) is 3. The fourth-order valence-electron chi connectivity index (χ4n) is 6.18. The van der Waals surface area contributed by atoms with Crippen molar-refractivity contribution in [2.24, 2.45) is 11.1 Å². The van der Waals surface area contributed by atoms with Gasteiger partial charge in [-0.05, 0) is 88.5 Å². The third-order valence-electron chi connectivity index (χ3n) is 8.25. The third kappa shape index (κ3) is 4.95. The third-order valence-corrected chi connectivity index (χ3v) is 8.25. The monoisotopic (exact) mass is 532 g/mol. The zero-order valence-corrected chi connectivity index (χ0v) is 22.7. The Hall–Kier alpha value is -3.59. The van der Waals surface area contributed by atoms with Crippen molar-refractivity contribution >= 4 is 17.3 Å². The summed E-state index contributed by atoms with van der Waals surface area (Å²) in [6, 6.07) is 9.30. The molecule has 2 aromatic heterocycles. The normalized spacial score (nSPS) is 24.2. The molecule has 3 aliphatic rings. The molecule has 2 amide bonds. The van der Waals surface area contributed by atoms with E-state index in [1.165, 1.54) is 0 Å². The number of nitrogens with two attached hydrogens (primary N) is 1. The number of benzene rings is 1. The van der Waals surface area contributed by atoms with Crippen LogP contribution in [0.4, 0.5) is 0 Å². The van der Waals surface area contributed by atoms with Crippen LogP contribution in [-0.4, -0.2) is 50.9 Å². The average Bonchev–Trinajstić information content (AvgIpc) is 3.57. The van der Waals surface area contributed by atoms with E-state index in [1.807, 2.05) is 35.7 Å². The summed E-state index contributed by atoms with van der Waals surface area (Å²) in [5.74, 6) is 1.04. The standard InChI is InChI=1S/C30H36N4O5/c1-17-5-4-6-21(27(31)35)26(17)39-20-13-30(14-20)11-19(12-30)33-28(36)22-15-32-34-23(22)9-10-24(25(34)18-7-8-18)38-16-29(2,3)37/h4-6,9-10,15,18-20,37H,7-8,11-14,16H2,1-3H3,(H2,31,35)(H,33,36). The molecule has 0 radical (unpaired) electrons. The van der Waals surface area contributed by atoms with E-state index in [9.17, 15) is 14.7 Å². The van der Waals surface area contributed by atoms with Gasteiger partial charge in [0, 0.05) is 12.0 Å². The number of aryl methyl sites for hydroxylation is 1. The van der Waals surface area contributed by atoms with Crippen LogP contribution in [0.2, 0.25) is 0 Å². The summed E-state index contributed by atoms with van der Waals surface area (Å²) in [6.07, 6.45) is 7.43. The van der Waals surface area contributed by atoms with Gasteiger partial charge in [0.05, 0.1) is 40.2 Å². The minimum Gasteiger partial charge on any atom is -0.489 e. The molecule has 2 heterocycles. The maximum Gasteiger partial charge on any atom is 0.255 e. The van der Waals surface area contributed by atoms with Crippen molar-refractivity contribution in [2.45, 2.75) is 83.0 Å². The minimum atomic E-state index is -0.940. The molecule has 3 fully saturated rings. The van der Waals surface area contributed by atoms with E-state index in [0.29, 0.717) is 28.5 Å². The molecule has 0 atom stereocenters. The molecule has 4 N–H and O–H groups in total. The van der Waals surface area contributed by atoms with Crippen LogP contribution in [0.3, 0.4) is 0 Å². The van der Waals surface area contributed by atoms with E-state index in [1.54, 1.807) is 26.1 Å². The summed E-state index contributed by atoms with van der Waals surface area (Å²) >= 11 is 0. The SMILES string of the molecule is Cc1cccc(C(N)=O)c1OC1CC2(CC(NC(=O)c3cnn4c(C5CC5)c(OCC(C)(C)O)ccc34)C2)C1. The molecule has 6 rings (SSSR count). The van der Waals surface area contributed by atoms with Crippen LogP contribution in [0, 0.1) is 12.3 Å². The number of pyridine rings is 1. The van der Waals surface area contributed by atoms with Crippen molar-refractivity contribution in [3.05, 3.63) is 58.9 Å². The molecule has 0 unspecified atom stereocenters. The van der Waals surface area contributed by atoms with Gasteiger partial charge >= 0.3 is 0 Å². The molecular weight excluding hydrogens is 496 g/mol. The van der Waals surface area contributed by atoms with Crippen molar-refractivity contribution in [1.82, 2.24) is 14.9 Å². The van der Waals surface area contributed by atoms with Gasteiger partial charge in [-0.25, -0.2) is 4.52 Å². The molecule has 206 valence electrons. The van der Waals surface area contributed by atoms with Crippen LogP contribution in [0.5, 0.6) is 11.5 Å². The molecule has 0 saturated heterocycles. The highest BCUT2D eigenvalue weighted by Gasteiger charge is 2.54. The molecule has 3 aliphatic carbocycles. The Morgan fingerprint density at radius 2 is 1.90 bits per heavy atom. The first-order valence-corrected chi connectivity index (χ1v) is 13.7. The number of ether oxygens (including phenoxy) is 2. The number of para-hydroxylation sites is 1. The van der Waals surface area contributed by atoms with Gasteiger partial charge in [0.2, 0.25) is 0 Å². The molecule has 3 aromatic rings. The van der Waals surface area contributed by atoms with Gasteiger partial charge in [-0.3, -0.25) is 9.59 Å². The predicted molar refractivity (Wildman–Crippen MR) is 145 cm³/mol. The van der Waals surface area contributed by atoms with Crippen LogP contribution in [0.15, 0.2) is 36.5 Å². The van der Waals surface area contributed by atoms with Crippen LogP contribution in [-0.2, 0) is 0 Å². The summed E-state index contributed by atoms with van der Waals surface area (Å²) in [5.41, 5.74) is 8.38. The highest BCUT2D eigenvalue weighted by atomic mass is 16.5. The Bertz CT molecular complexity index is 1440. The molecular formula is C30H36N4O5. The van der Waals surface area contributed by atoms with E-state index in [0.717, 1.165) is 55.3 Å². The molecule has 9 nitrogen and oxygen atoms in total. The number of aliphatic hydroxyl groups is 1. The second kappa shape index (κ2) is 9.26. The largest absolute Gasteiger partial charge is 0.489 e. The molecule has 3 saturated carbocycles. The number of nitrogens with one attached hydrogen (secondary N) is 1. The lowest BCUT2D eigenvalue weighted by molar-refractivity contribution is -0.0836. The minimum absolute atomic E-state index is 0.0501. The highest BCUT2D eigenvalue weighted by molar-refractivity contribution is 6.01. The second-order valence-electron chi connectivity index (χ2n) is 12.4. The maximum atomic E-state index is 13.2. The van der Waals surface area contributed by atoms with Crippen molar-refractivity contribution in [3.63, 3.8) is 0 Å². The Morgan fingerprint density at radius 3 is 2.56 bits per heavy atom. The first-order chi connectivity index (χ1) is 18.5. The average molecular weight is 533 g/mol. The summed E-state index contributed by atoms with van der Waals surface area (Å²) in [4.78, 5) is 25.0. The summed E-state index contributed by atoms with van der Waals surface area (Å²) in [6.45, 7) is 5.52. The van der Waals surface area contributed by atoms with Crippen molar-refractivity contribution in [1.29, 1.82) is 0 Å². The molecule has 9 heteroatoms. The maximum absolute atomic E-state index is 13.2. The Labute approximate surface area is 227 Å². The molecule has 0 aliphatic heterocycles. The van der Waals surface area contributed by atoms with Crippen molar-refractivity contribution < 1.29 is 24.2 Å². The van der Waals surface area contributed by atoms with E-state index >= 15 is 0 Å². The predicted octanol–water partition coefficient (Wildman–Crippen LogP) is 3.89. The second-order valence-corrected chi connectivity index (χ2v) is 12.4. The van der Waals surface area contributed by atoms with Crippen LogP contribution >= 0.6 is 0 Å². The van der Waals surface area contributed by atoms with Gasteiger partial charge in [0.15, 0.2) is 0 Å². The highest BCUT2D eigenvalue weighted by Crippen LogP contribution is 2.57. The Kier molecular flexibility index (Phi) is 6.10. The lowest BCUT2D eigenvalue weighted by Crippen LogP contribution is -2.58. The van der Waals surface area contributed by atoms with Gasteiger partial charge in [0.1, 0.15) is 18.1 Å².